The summed E-state index contributed by atoms with van der Waals surface area (Å²) in [6.07, 6.45) is 3.93. The zero-order chi connectivity index (χ0) is 9.36. The fourth-order valence-electron chi connectivity index (χ4n) is 1.39. The maximum absolute atomic E-state index is 5.60. The third-order valence-electron chi connectivity index (χ3n) is 2.24. The van der Waals surface area contributed by atoms with Crippen molar-refractivity contribution in [3.8, 4) is 0 Å². The van der Waals surface area contributed by atoms with Gasteiger partial charge in [-0.1, -0.05) is 13.3 Å². The maximum atomic E-state index is 5.60. The summed E-state index contributed by atoms with van der Waals surface area (Å²) in [7, 11) is 0. The summed E-state index contributed by atoms with van der Waals surface area (Å²) < 4.78 is 11.0. The zero-order valence-electron chi connectivity index (χ0n) is 8.55. The van der Waals surface area contributed by atoms with Crippen molar-refractivity contribution in [3.63, 3.8) is 0 Å². The molecule has 1 heterocycles. The average molecular weight is 187 g/mol. The molecular weight excluding hydrogens is 166 g/mol. The van der Waals surface area contributed by atoms with E-state index in [2.05, 4.69) is 12.2 Å². The van der Waals surface area contributed by atoms with Crippen molar-refractivity contribution in [1.82, 2.24) is 5.32 Å². The first-order valence-electron chi connectivity index (χ1n) is 5.33. The normalized spacial score (nSPS) is 22.4. The van der Waals surface area contributed by atoms with Crippen molar-refractivity contribution in [2.75, 3.05) is 32.9 Å². The summed E-state index contributed by atoms with van der Waals surface area (Å²) in [5.74, 6) is 0. The Balaban J connectivity index is 1.78. The molecule has 0 radical (unpaired) electrons. The summed E-state index contributed by atoms with van der Waals surface area (Å²) in [4.78, 5) is 0. The van der Waals surface area contributed by atoms with Gasteiger partial charge in [0.25, 0.3) is 0 Å². The van der Waals surface area contributed by atoms with E-state index in [-0.39, 0.29) is 0 Å². The van der Waals surface area contributed by atoms with Crippen LogP contribution in [-0.4, -0.2) is 39.0 Å². The number of ether oxygens (including phenoxy) is 2. The lowest BCUT2D eigenvalue weighted by atomic mass is 10.3. The van der Waals surface area contributed by atoms with Crippen LogP contribution in [0, 0.1) is 0 Å². The predicted octanol–water partition coefficient (Wildman–Crippen LogP) is 1.18. The third-order valence-corrected chi connectivity index (χ3v) is 2.24. The standard InChI is InChI=1S/C10H21NO2/c1-2-3-6-12-7-8-13-10-4-5-11-9-10/h10-11H,2-9H2,1H3/t10-/m1/s1. The molecule has 0 aromatic rings. The highest BCUT2D eigenvalue weighted by Crippen LogP contribution is 2.02. The van der Waals surface area contributed by atoms with E-state index in [1.807, 2.05) is 0 Å². The van der Waals surface area contributed by atoms with Gasteiger partial charge in [0, 0.05) is 13.2 Å². The highest BCUT2D eigenvalue weighted by molar-refractivity contribution is 4.70. The molecule has 1 aliphatic heterocycles. The van der Waals surface area contributed by atoms with Crippen LogP contribution in [-0.2, 0) is 9.47 Å². The van der Waals surface area contributed by atoms with Crippen LogP contribution in [0.1, 0.15) is 26.2 Å². The Morgan fingerprint density at radius 1 is 1.31 bits per heavy atom. The number of unbranched alkanes of at least 4 members (excludes halogenated alkanes) is 1. The molecule has 1 saturated heterocycles. The molecule has 1 fully saturated rings. The minimum absolute atomic E-state index is 0.426. The fraction of sp³-hybridized carbons (Fsp3) is 1.00. The van der Waals surface area contributed by atoms with E-state index < -0.39 is 0 Å². The largest absolute Gasteiger partial charge is 0.379 e. The van der Waals surface area contributed by atoms with E-state index in [0.29, 0.717) is 6.10 Å². The molecule has 0 aliphatic carbocycles. The van der Waals surface area contributed by atoms with Crippen LogP contribution in [0.15, 0.2) is 0 Å². The lowest BCUT2D eigenvalue weighted by Crippen LogP contribution is -2.19. The van der Waals surface area contributed by atoms with Crippen molar-refractivity contribution in [3.05, 3.63) is 0 Å². The first-order chi connectivity index (χ1) is 6.43. The lowest BCUT2D eigenvalue weighted by Gasteiger charge is -2.10. The summed E-state index contributed by atoms with van der Waals surface area (Å²) >= 11 is 0. The molecule has 3 heteroatoms. The molecule has 0 amide bonds. The van der Waals surface area contributed by atoms with Gasteiger partial charge in [-0.15, -0.1) is 0 Å². The second kappa shape index (κ2) is 7.30. The second-order valence-electron chi connectivity index (χ2n) is 3.45. The minimum Gasteiger partial charge on any atom is -0.379 e. The third kappa shape index (κ3) is 5.24. The van der Waals surface area contributed by atoms with Crippen LogP contribution in [0.25, 0.3) is 0 Å². The first-order valence-corrected chi connectivity index (χ1v) is 5.33. The van der Waals surface area contributed by atoms with Crippen LogP contribution < -0.4 is 5.32 Å². The average Bonchev–Trinajstić information content (AvgIpc) is 2.63. The van der Waals surface area contributed by atoms with E-state index in [0.717, 1.165) is 45.8 Å². The highest BCUT2D eigenvalue weighted by Gasteiger charge is 2.13. The van der Waals surface area contributed by atoms with E-state index >= 15 is 0 Å². The number of nitrogens with one attached hydrogen (secondary N) is 1. The van der Waals surface area contributed by atoms with Gasteiger partial charge in [-0.2, -0.15) is 0 Å². The van der Waals surface area contributed by atoms with Crippen molar-refractivity contribution in [2.24, 2.45) is 0 Å². The van der Waals surface area contributed by atoms with Crippen LogP contribution in [0.5, 0.6) is 0 Å². The summed E-state index contributed by atoms with van der Waals surface area (Å²) in [5.41, 5.74) is 0. The van der Waals surface area contributed by atoms with Gasteiger partial charge in [0.1, 0.15) is 0 Å². The number of hydrogen-bond donors (Lipinski definition) is 1. The SMILES string of the molecule is CCCCOCCO[C@@H]1CCNC1. The number of rotatable bonds is 7. The van der Waals surface area contributed by atoms with Crippen molar-refractivity contribution >= 4 is 0 Å². The van der Waals surface area contributed by atoms with Gasteiger partial charge in [0.2, 0.25) is 0 Å². The summed E-state index contributed by atoms with van der Waals surface area (Å²) in [6.45, 7) is 6.65. The van der Waals surface area contributed by atoms with Crippen LogP contribution >= 0.6 is 0 Å². The molecule has 78 valence electrons. The van der Waals surface area contributed by atoms with E-state index in [9.17, 15) is 0 Å². The topological polar surface area (TPSA) is 30.5 Å². The molecule has 0 spiro atoms. The Morgan fingerprint density at radius 3 is 2.92 bits per heavy atom. The molecule has 0 bridgehead atoms. The molecule has 0 aromatic carbocycles. The quantitative estimate of drug-likeness (QED) is 0.607. The van der Waals surface area contributed by atoms with E-state index in [1.165, 1.54) is 6.42 Å². The van der Waals surface area contributed by atoms with Crippen LogP contribution in [0.3, 0.4) is 0 Å². The van der Waals surface area contributed by atoms with Crippen LogP contribution in [0.4, 0.5) is 0 Å². The Bertz CT molecular complexity index is 113. The fourth-order valence-corrected chi connectivity index (χ4v) is 1.39. The molecular formula is C10H21NO2. The van der Waals surface area contributed by atoms with Gasteiger partial charge < -0.3 is 14.8 Å². The molecule has 0 aromatic heterocycles. The molecule has 1 rings (SSSR count). The van der Waals surface area contributed by atoms with E-state index in [4.69, 9.17) is 9.47 Å². The Kier molecular flexibility index (Phi) is 6.15. The Hall–Kier alpha value is -0.120. The van der Waals surface area contributed by atoms with Crippen LogP contribution in [0.2, 0.25) is 0 Å². The maximum Gasteiger partial charge on any atom is 0.0712 e. The zero-order valence-corrected chi connectivity index (χ0v) is 8.55. The Morgan fingerprint density at radius 2 is 2.23 bits per heavy atom. The molecule has 1 aliphatic rings. The second-order valence-corrected chi connectivity index (χ2v) is 3.45. The van der Waals surface area contributed by atoms with Gasteiger partial charge >= 0.3 is 0 Å². The van der Waals surface area contributed by atoms with E-state index in [1.54, 1.807) is 0 Å². The predicted molar refractivity (Wildman–Crippen MR) is 53.0 cm³/mol. The first kappa shape index (κ1) is 11.0. The molecule has 1 atom stereocenters. The number of hydrogen-bond acceptors (Lipinski definition) is 3. The van der Waals surface area contributed by atoms with Gasteiger partial charge in [-0.3, -0.25) is 0 Å². The lowest BCUT2D eigenvalue weighted by molar-refractivity contribution is 0.0125. The smallest absolute Gasteiger partial charge is 0.0712 e. The van der Waals surface area contributed by atoms with Gasteiger partial charge in [-0.25, -0.2) is 0 Å². The molecule has 3 nitrogen and oxygen atoms in total. The van der Waals surface area contributed by atoms with Gasteiger partial charge in [-0.05, 0) is 19.4 Å². The minimum atomic E-state index is 0.426. The van der Waals surface area contributed by atoms with Crippen molar-refractivity contribution < 1.29 is 9.47 Å². The summed E-state index contributed by atoms with van der Waals surface area (Å²) in [5, 5.41) is 3.27. The van der Waals surface area contributed by atoms with Crippen molar-refractivity contribution in [2.45, 2.75) is 32.3 Å². The molecule has 1 N–H and O–H groups in total. The Labute approximate surface area is 80.8 Å². The monoisotopic (exact) mass is 187 g/mol. The van der Waals surface area contributed by atoms with Crippen molar-refractivity contribution in [1.29, 1.82) is 0 Å². The molecule has 13 heavy (non-hydrogen) atoms. The van der Waals surface area contributed by atoms with Gasteiger partial charge in [0.15, 0.2) is 0 Å². The highest BCUT2D eigenvalue weighted by atomic mass is 16.5. The summed E-state index contributed by atoms with van der Waals surface area (Å²) in [6, 6.07) is 0. The molecule has 0 unspecified atom stereocenters. The molecule has 0 saturated carbocycles. The van der Waals surface area contributed by atoms with Gasteiger partial charge in [0.05, 0.1) is 19.3 Å².